The molecule has 3 amide bonds. The number of aliphatic hydroxyl groups is 1. The quantitative estimate of drug-likeness (QED) is 0.0116. The lowest BCUT2D eigenvalue weighted by atomic mass is 9.87. The predicted molar refractivity (Wildman–Crippen MR) is 322 cm³/mol. The molecule has 21 nitrogen and oxygen atoms in total. The number of phenols is 1. The topological polar surface area (TPSA) is 384 Å². The maximum atomic E-state index is 15.1. The molecule has 5 aromatic rings. The molecule has 0 aliphatic carbocycles. The first kappa shape index (κ1) is 66.8. The van der Waals surface area contributed by atoms with Crippen LogP contribution in [0.15, 0.2) is 115 Å². The number of aromatic amines is 1. The number of aliphatic hydroxyl groups excluding tert-OH is 1. The number of nitrogens with zero attached hydrogens (tertiary/aromatic N) is 2. The van der Waals surface area contributed by atoms with Crippen molar-refractivity contribution in [3.8, 4) is 5.75 Å². The van der Waals surface area contributed by atoms with Crippen LogP contribution in [0.1, 0.15) is 106 Å². The first-order valence-electron chi connectivity index (χ1n) is 29.0. The Balaban J connectivity index is 1.45. The van der Waals surface area contributed by atoms with Crippen LogP contribution in [0, 0.1) is 23.7 Å². The van der Waals surface area contributed by atoms with Gasteiger partial charge in [-0.2, -0.15) is 0 Å². The van der Waals surface area contributed by atoms with Gasteiger partial charge in [-0.15, -0.1) is 0 Å². The van der Waals surface area contributed by atoms with Crippen molar-refractivity contribution in [3.63, 3.8) is 0 Å². The van der Waals surface area contributed by atoms with Crippen LogP contribution in [-0.4, -0.2) is 123 Å². The Bertz CT molecular complexity index is 2930. The predicted octanol–water partition coefficient (Wildman–Crippen LogP) is 3.51. The van der Waals surface area contributed by atoms with Crippen LogP contribution in [0.5, 0.6) is 5.75 Å². The summed E-state index contributed by atoms with van der Waals surface area (Å²) in [6.45, 7) is 2.26. The zero-order valence-electron chi connectivity index (χ0n) is 48.0. The number of Topliss-reactive ketones (excluding diaryl/α,β-unsaturated/α-hetero) is 4. The van der Waals surface area contributed by atoms with E-state index in [1.807, 2.05) is 42.5 Å². The van der Waals surface area contributed by atoms with Crippen molar-refractivity contribution in [2.75, 3.05) is 19.6 Å². The number of guanidine groups is 1. The van der Waals surface area contributed by atoms with E-state index < -0.39 is 102 Å². The molecule has 0 saturated heterocycles. The fraction of sp³-hybridized carbons (Fsp3) is 0.460. The first-order valence-corrected chi connectivity index (χ1v) is 29.0. The molecule has 9 atom stereocenters. The Kier molecular flexibility index (Phi) is 28.0. The molecule has 5 rings (SSSR count). The van der Waals surface area contributed by atoms with Crippen molar-refractivity contribution in [2.45, 2.75) is 140 Å². The molecule has 84 heavy (non-hydrogen) atoms. The van der Waals surface area contributed by atoms with Crippen LogP contribution in [0.2, 0.25) is 0 Å². The summed E-state index contributed by atoms with van der Waals surface area (Å²) in [6.07, 6.45) is 6.24. The van der Waals surface area contributed by atoms with E-state index in [0.717, 1.165) is 10.9 Å². The number of aliphatic imine (C=N–C) groups is 1. The van der Waals surface area contributed by atoms with E-state index in [0.29, 0.717) is 80.2 Å². The molecule has 0 saturated carbocycles. The van der Waals surface area contributed by atoms with Gasteiger partial charge < -0.3 is 64.6 Å². The molecule has 0 fully saturated rings. The zero-order valence-corrected chi connectivity index (χ0v) is 48.0. The lowest BCUT2D eigenvalue weighted by Crippen LogP contribution is -2.51. The fourth-order valence-electron chi connectivity index (χ4n) is 10.3. The number of nitrogens with one attached hydrogen (secondary N) is 4. The van der Waals surface area contributed by atoms with Crippen molar-refractivity contribution in [1.82, 2.24) is 25.9 Å². The highest BCUT2D eigenvalue weighted by molar-refractivity contribution is 5.98. The third kappa shape index (κ3) is 22.3. The minimum absolute atomic E-state index is 0.0167. The van der Waals surface area contributed by atoms with Gasteiger partial charge in [0.25, 0.3) is 0 Å². The second kappa shape index (κ2) is 35.2. The Labute approximate surface area is 491 Å². The van der Waals surface area contributed by atoms with Gasteiger partial charge in [-0.05, 0) is 130 Å². The average Bonchev–Trinajstić information content (AvgIpc) is 4.15. The average molecular weight is 1160 g/mol. The van der Waals surface area contributed by atoms with Gasteiger partial charge in [0, 0.05) is 91.8 Å². The summed E-state index contributed by atoms with van der Waals surface area (Å²) < 4.78 is 0. The van der Waals surface area contributed by atoms with E-state index in [-0.39, 0.29) is 75.4 Å². The maximum absolute atomic E-state index is 15.1. The molecule has 16 N–H and O–H groups in total. The van der Waals surface area contributed by atoms with Crippen LogP contribution < -0.4 is 44.6 Å². The Hall–Kier alpha value is -7.98. The maximum Gasteiger partial charge on any atom is 0.224 e. The van der Waals surface area contributed by atoms with Gasteiger partial charge in [0.05, 0.1) is 24.2 Å². The van der Waals surface area contributed by atoms with Crippen molar-refractivity contribution in [1.29, 1.82) is 0 Å². The lowest BCUT2D eigenvalue weighted by molar-refractivity contribution is -0.136. The van der Waals surface area contributed by atoms with Gasteiger partial charge in [0.15, 0.2) is 23.3 Å². The van der Waals surface area contributed by atoms with E-state index in [9.17, 15) is 34.2 Å². The number of fused-ring (bicyclic) bond motifs is 1. The number of pyridine rings is 1. The van der Waals surface area contributed by atoms with Gasteiger partial charge in [0.1, 0.15) is 23.9 Å². The van der Waals surface area contributed by atoms with Gasteiger partial charge >= 0.3 is 0 Å². The molecule has 21 heteroatoms. The van der Waals surface area contributed by atoms with Crippen molar-refractivity contribution in [3.05, 3.63) is 132 Å². The SMILES string of the molecule is C[C@@H](O)[C@H](NC(=O)[C@H](CCCCN)CC(=O)[C@@H](Cc1c[nH]c2ccccc12)NC(=O)[C@@H](CC(=O)[C@H](Cc1ccccc1)NC(=O)[C@H](CCCN=C(N)N)CC(=O)[C@H](N)CCCCN)Cc1ccncc1)C(=O)C[C@H](C=O)Cc1ccc(O)cc1. The molecule has 0 unspecified atom stereocenters. The van der Waals surface area contributed by atoms with E-state index in [4.69, 9.17) is 28.7 Å². The second-order valence-corrected chi connectivity index (χ2v) is 21.8. The van der Waals surface area contributed by atoms with E-state index in [1.165, 1.54) is 19.1 Å². The molecule has 2 aromatic heterocycles. The number of unbranched alkanes of at least 4 members (excludes halogenated alkanes) is 2. The van der Waals surface area contributed by atoms with E-state index in [1.54, 1.807) is 55.0 Å². The number of phenolic OH excluding ortho intramolecular Hbond substituents is 1. The summed E-state index contributed by atoms with van der Waals surface area (Å²) in [7, 11) is 0. The number of carbonyl (C=O) groups excluding carboxylic acids is 8. The number of para-hydroxylation sites is 1. The molecule has 452 valence electrons. The van der Waals surface area contributed by atoms with Gasteiger partial charge in [-0.1, -0.05) is 73.5 Å². The second-order valence-electron chi connectivity index (χ2n) is 21.8. The number of amides is 3. The largest absolute Gasteiger partial charge is 0.508 e. The molecule has 0 radical (unpaired) electrons. The number of carbonyl (C=O) groups is 8. The molecule has 0 bridgehead atoms. The van der Waals surface area contributed by atoms with Crippen LogP contribution >= 0.6 is 0 Å². The highest BCUT2D eigenvalue weighted by atomic mass is 16.3. The molecular weight excluding hydrogens is 1070 g/mol. The smallest absolute Gasteiger partial charge is 0.224 e. The standard InChI is InChI=1S/C63H85N11O10/c1-40(76)59(58(81)33-44(39-75)30-42-19-21-49(77)22-20-42)74-61(83)45(14-7-9-25-64)36-56(79)54(34-48-38-71-52-18-6-5-16-50(48)52)73-62(84)47(31-43-23-28-69-29-24-43)37-57(80)53(32-41-12-3-2-4-13-41)72-60(82)46(15-11-27-70-63(67)68)35-55(78)51(66)17-8-10-26-65/h2-6,12-13,16,18-24,28-29,38-40,44-47,51,53-54,59,71,76-77H,7-11,14-15,17,25-27,30-37,64-66H2,1H3,(H,72,82)(H,73,84)(H,74,83)(H4,67,68,70)/t40-,44-,45-,46-,47-,51-,53+,54-,59+/m1/s1. The van der Waals surface area contributed by atoms with Crippen LogP contribution in [-0.2, 0) is 64.0 Å². The summed E-state index contributed by atoms with van der Waals surface area (Å²) in [5.41, 5.74) is 32.5. The number of aromatic hydroxyl groups is 1. The molecule has 3 aromatic carbocycles. The van der Waals surface area contributed by atoms with Crippen LogP contribution in [0.3, 0.4) is 0 Å². The van der Waals surface area contributed by atoms with Crippen molar-refractivity contribution in [2.24, 2.45) is 57.3 Å². The normalized spacial score (nSPS) is 14.5. The zero-order chi connectivity index (χ0) is 61.0. The number of H-pyrrole nitrogens is 1. The number of aldehydes is 1. The fourth-order valence-corrected chi connectivity index (χ4v) is 10.3. The van der Waals surface area contributed by atoms with Crippen LogP contribution in [0.25, 0.3) is 10.9 Å². The molecule has 0 spiro atoms. The van der Waals surface area contributed by atoms with Gasteiger partial charge in [0.2, 0.25) is 17.7 Å². The van der Waals surface area contributed by atoms with Crippen molar-refractivity contribution < 1.29 is 48.6 Å². The minimum atomic E-state index is -1.44. The highest BCUT2D eigenvalue weighted by Gasteiger charge is 2.36. The third-order valence-electron chi connectivity index (χ3n) is 15.1. The number of hydrogen-bond donors (Lipinski definition) is 11. The van der Waals surface area contributed by atoms with Gasteiger partial charge in [-0.25, -0.2) is 0 Å². The molecule has 0 aliphatic rings. The van der Waals surface area contributed by atoms with Gasteiger partial charge in [-0.3, -0.25) is 43.5 Å². The first-order chi connectivity index (χ1) is 40.4. The van der Waals surface area contributed by atoms with E-state index >= 15 is 14.4 Å². The van der Waals surface area contributed by atoms with Crippen molar-refractivity contribution >= 4 is 64.0 Å². The summed E-state index contributed by atoms with van der Waals surface area (Å²) in [4.78, 5) is 125. The minimum Gasteiger partial charge on any atom is -0.508 e. The third-order valence-corrected chi connectivity index (χ3v) is 15.1. The number of benzene rings is 3. The molecule has 2 heterocycles. The number of aromatic nitrogens is 2. The van der Waals surface area contributed by atoms with Crippen LogP contribution in [0.4, 0.5) is 0 Å². The lowest BCUT2D eigenvalue weighted by Gasteiger charge is -2.27. The number of nitrogens with two attached hydrogens (primary N) is 5. The van der Waals surface area contributed by atoms with E-state index in [2.05, 4.69) is 30.9 Å². The number of ketones is 4. The Morgan fingerprint density at radius 3 is 1.79 bits per heavy atom. The molecule has 0 aliphatic heterocycles. The number of hydrogen-bond acceptors (Lipinski definition) is 15. The summed E-state index contributed by atoms with van der Waals surface area (Å²) in [5, 5.41) is 30.0. The molecular formula is C63H85N11O10. The highest BCUT2D eigenvalue weighted by Crippen LogP contribution is 2.25. The Morgan fingerprint density at radius 1 is 0.607 bits per heavy atom. The summed E-state index contributed by atoms with van der Waals surface area (Å²) >= 11 is 0. The number of rotatable bonds is 40. The monoisotopic (exact) mass is 1160 g/mol. The summed E-state index contributed by atoms with van der Waals surface area (Å²) in [6, 6.07) is 21.3. The Morgan fingerprint density at radius 2 is 1.15 bits per heavy atom. The summed E-state index contributed by atoms with van der Waals surface area (Å²) in [5.74, 6) is -7.88.